The fourth-order valence-electron chi connectivity index (χ4n) is 3.85. The van der Waals surface area contributed by atoms with E-state index in [4.69, 9.17) is 4.74 Å². The zero-order valence-corrected chi connectivity index (χ0v) is 23.2. The molecule has 0 heterocycles. The van der Waals surface area contributed by atoms with Gasteiger partial charge in [-0.1, -0.05) is 54.6 Å². The summed E-state index contributed by atoms with van der Waals surface area (Å²) in [4.78, 5) is 28.4. The number of benzene rings is 3. The molecule has 3 aromatic carbocycles. The summed E-state index contributed by atoms with van der Waals surface area (Å²) in [5, 5.41) is 2.91. The van der Waals surface area contributed by atoms with E-state index in [2.05, 4.69) is 5.32 Å². The number of sulfonamides is 1. The minimum Gasteiger partial charge on any atom is -0.497 e. The van der Waals surface area contributed by atoms with Crippen LogP contribution in [0.15, 0.2) is 89.8 Å². The van der Waals surface area contributed by atoms with Gasteiger partial charge >= 0.3 is 0 Å². The first-order valence-corrected chi connectivity index (χ1v) is 13.7. The summed E-state index contributed by atoms with van der Waals surface area (Å²) in [5.41, 5.74) is 0.582. The van der Waals surface area contributed by atoms with Crippen LogP contribution >= 0.6 is 0 Å². The van der Waals surface area contributed by atoms with Crippen LogP contribution < -0.4 is 14.4 Å². The minimum absolute atomic E-state index is 0.0451. The van der Waals surface area contributed by atoms with Gasteiger partial charge in [0.1, 0.15) is 18.3 Å². The number of nitrogens with zero attached hydrogens (tertiary/aromatic N) is 2. The second kappa shape index (κ2) is 12.1. The molecule has 0 radical (unpaired) electrons. The standard InChI is InChI=1S/C29H35N3O5S/c1-22(28(34)30-29(2,3)4)31(20-23-13-8-6-9-14-23)27(33)21-32(24-15-12-16-25(19-24)37-5)38(35,36)26-17-10-7-11-18-26/h6-19,22H,20-21H2,1-5H3,(H,30,34)/t22-/m0/s1. The monoisotopic (exact) mass is 537 g/mol. The number of methoxy groups -OCH3 is 1. The molecule has 0 saturated heterocycles. The van der Waals surface area contributed by atoms with Gasteiger partial charge in [0.15, 0.2) is 0 Å². The van der Waals surface area contributed by atoms with E-state index >= 15 is 0 Å². The lowest BCUT2D eigenvalue weighted by molar-refractivity contribution is -0.140. The molecule has 0 fully saturated rings. The highest BCUT2D eigenvalue weighted by atomic mass is 32.2. The molecule has 8 nitrogen and oxygen atoms in total. The molecule has 0 saturated carbocycles. The van der Waals surface area contributed by atoms with Crippen molar-refractivity contribution >= 4 is 27.5 Å². The molecule has 1 N–H and O–H groups in total. The van der Waals surface area contributed by atoms with Crippen molar-refractivity contribution < 1.29 is 22.7 Å². The average Bonchev–Trinajstić information content (AvgIpc) is 2.90. The maximum absolute atomic E-state index is 13.9. The smallest absolute Gasteiger partial charge is 0.264 e. The molecular formula is C29H35N3O5S. The van der Waals surface area contributed by atoms with Gasteiger partial charge in [0.2, 0.25) is 11.8 Å². The third kappa shape index (κ3) is 7.35. The van der Waals surface area contributed by atoms with Gasteiger partial charge in [0, 0.05) is 18.2 Å². The number of hydrogen-bond donors (Lipinski definition) is 1. The van der Waals surface area contributed by atoms with E-state index in [1.807, 2.05) is 51.1 Å². The van der Waals surface area contributed by atoms with Crippen LogP contribution in [0.3, 0.4) is 0 Å². The third-order valence-corrected chi connectivity index (χ3v) is 7.60. The van der Waals surface area contributed by atoms with E-state index in [1.165, 1.54) is 24.1 Å². The van der Waals surface area contributed by atoms with Crippen molar-refractivity contribution in [3.05, 3.63) is 90.5 Å². The van der Waals surface area contributed by atoms with Gasteiger partial charge < -0.3 is 15.0 Å². The number of rotatable bonds is 10. The fourth-order valence-corrected chi connectivity index (χ4v) is 5.28. The van der Waals surface area contributed by atoms with Gasteiger partial charge in [0.25, 0.3) is 10.0 Å². The number of nitrogens with one attached hydrogen (secondary N) is 1. The van der Waals surface area contributed by atoms with E-state index < -0.39 is 34.1 Å². The van der Waals surface area contributed by atoms with Crippen LogP contribution in [-0.2, 0) is 26.2 Å². The second-order valence-corrected chi connectivity index (χ2v) is 11.8. The Labute approximate surface area is 225 Å². The number of anilines is 1. The number of ether oxygens (including phenoxy) is 1. The van der Waals surface area contributed by atoms with Crippen LogP contribution in [0.2, 0.25) is 0 Å². The topological polar surface area (TPSA) is 96.0 Å². The Hall–Kier alpha value is -3.85. The molecule has 3 rings (SSSR count). The minimum atomic E-state index is -4.13. The fraction of sp³-hybridized carbons (Fsp3) is 0.310. The van der Waals surface area contributed by atoms with E-state index in [1.54, 1.807) is 49.4 Å². The normalized spacial score (nSPS) is 12.3. The van der Waals surface area contributed by atoms with Crippen molar-refractivity contribution in [3.63, 3.8) is 0 Å². The average molecular weight is 538 g/mol. The van der Waals surface area contributed by atoms with Crippen molar-refractivity contribution in [1.82, 2.24) is 10.2 Å². The predicted molar refractivity (Wildman–Crippen MR) is 148 cm³/mol. The van der Waals surface area contributed by atoms with Crippen molar-refractivity contribution in [2.24, 2.45) is 0 Å². The number of carbonyl (C=O) groups excluding carboxylic acids is 2. The summed E-state index contributed by atoms with van der Waals surface area (Å²) in [7, 11) is -2.64. The van der Waals surface area contributed by atoms with Gasteiger partial charge in [-0.05, 0) is 57.5 Å². The summed E-state index contributed by atoms with van der Waals surface area (Å²) < 4.78 is 33.9. The molecule has 0 unspecified atom stereocenters. The first kappa shape index (κ1) is 28.7. The lowest BCUT2D eigenvalue weighted by Gasteiger charge is -2.33. The summed E-state index contributed by atoms with van der Waals surface area (Å²) in [6, 6.07) is 22.9. The lowest BCUT2D eigenvalue weighted by Crippen LogP contribution is -2.54. The molecule has 0 aliphatic rings. The molecule has 3 aromatic rings. The maximum atomic E-state index is 13.9. The van der Waals surface area contributed by atoms with Gasteiger partial charge in [-0.2, -0.15) is 0 Å². The summed E-state index contributed by atoms with van der Waals surface area (Å²) in [6.07, 6.45) is 0. The van der Waals surface area contributed by atoms with Gasteiger partial charge in [-0.25, -0.2) is 8.42 Å². The molecule has 0 bridgehead atoms. The summed E-state index contributed by atoms with van der Waals surface area (Å²) >= 11 is 0. The second-order valence-electron chi connectivity index (χ2n) is 9.95. The van der Waals surface area contributed by atoms with Crippen LogP contribution in [0.5, 0.6) is 5.75 Å². The van der Waals surface area contributed by atoms with E-state index in [-0.39, 0.29) is 23.0 Å². The van der Waals surface area contributed by atoms with E-state index in [9.17, 15) is 18.0 Å². The highest BCUT2D eigenvalue weighted by Gasteiger charge is 2.33. The molecule has 9 heteroatoms. The quantitative estimate of drug-likeness (QED) is 0.418. The van der Waals surface area contributed by atoms with Gasteiger partial charge in [0.05, 0.1) is 17.7 Å². The number of carbonyl (C=O) groups is 2. The van der Waals surface area contributed by atoms with Gasteiger partial charge in [-0.15, -0.1) is 0 Å². The number of amides is 2. The Balaban J connectivity index is 2.03. The van der Waals surface area contributed by atoms with Crippen LogP contribution in [0, 0.1) is 0 Å². The van der Waals surface area contributed by atoms with E-state index in [0.29, 0.717) is 5.75 Å². The molecule has 0 aromatic heterocycles. The summed E-state index contributed by atoms with van der Waals surface area (Å²) in [5.74, 6) is -0.407. The van der Waals surface area contributed by atoms with Crippen LogP contribution in [-0.4, -0.2) is 50.4 Å². The molecule has 202 valence electrons. The van der Waals surface area contributed by atoms with Crippen molar-refractivity contribution in [1.29, 1.82) is 0 Å². The van der Waals surface area contributed by atoms with Crippen LogP contribution in [0.25, 0.3) is 0 Å². The zero-order chi connectivity index (χ0) is 27.9. The Kier molecular flexibility index (Phi) is 9.17. The highest BCUT2D eigenvalue weighted by Crippen LogP contribution is 2.27. The molecular weight excluding hydrogens is 502 g/mol. The third-order valence-electron chi connectivity index (χ3n) is 5.81. The Bertz CT molecular complexity index is 1340. The SMILES string of the molecule is COc1cccc(N(CC(=O)N(Cc2ccccc2)[C@@H](C)C(=O)NC(C)(C)C)S(=O)(=O)c2ccccc2)c1. The van der Waals surface area contributed by atoms with Crippen molar-refractivity contribution in [3.8, 4) is 5.75 Å². The molecule has 0 aliphatic heterocycles. The Morgan fingerprint density at radius 2 is 1.53 bits per heavy atom. The Morgan fingerprint density at radius 3 is 2.11 bits per heavy atom. The van der Waals surface area contributed by atoms with Crippen LogP contribution in [0.4, 0.5) is 5.69 Å². The molecule has 0 aliphatic carbocycles. The molecule has 2 amide bonds. The Morgan fingerprint density at radius 1 is 0.921 bits per heavy atom. The van der Waals surface area contributed by atoms with Crippen LogP contribution in [0.1, 0.15) is 33.3 Å². The summed E-state index contributed by atoms with van der Waals surface area (Å²) in [6.45, 7) is 6.84. The van der Waals surface area contributed by atoms with Crippen molar-refractivity contribution in [2.45, 2.75) is 50.7 Å². The highest BCUT2D eigenvalue weighted by molar-refractivity contribution is 7.92. The molecule has 38 heavy (non-hydrogen) atoms. The first-order valence-electron chi connectivity index (χ1n) is 12.3. The molecule has 1 atom stereocenters. The molecule has 0 spiro atoms. The number of hydrogen-bond acceptors (Lipinski definition) is 5. The maximum Gasteiger partial charge on any atom is 0.264 e. The largest absolute Gasteiger partial charge is 0.497 e. The van der Waals surface area contributed by atoms with Gasteiger partial charge in [-0.3, -0.25) is 13.9 Å². The first-order chi connectivity index (χ1) is 17.9. The predicted octanol–water partition coefficient (Wildman–Crippen LogP) is 4.22. The van der Waals surface area contributed by atoms with Crippen molar-refractivity contribution in [2.75, 3.05) is 18.0 Å². The van der Waals surface area contributed by atoms with E-state index in [0.717, 1.165) is 9.87 Å². The zero-order valence-electron chi connectivity index (χ0n) is 22.4. The lowest BCUT2D eigenvalue weighted by atomic mass is 10.1.